The summed E-state index contributed by atoms with van der Waals surface area (Å²) in [4.78, 5) is 26.8. The van der Waals surface area contributed by atoms with Gasteiger partial charge in [0.15, 0.2) is 5.82 Å². The van der Waals surface area contributed by atoms with Crippen LogP contribution in [0, 0.1) is 5.82 Å². The fourth-order valence-electron chi connectivity index (χ4n) is 4.86. The van der Waals surface area contributed by atoms with E-state index in [1.807, 2.05) is 24.3 Å². The van der Waals surface area contributed by atoms with Crippen LogP contribution < -0.4 is 5.32 Å². The third-order valence-corrected chi connectivity index (χ3v) is 8.10. The molecule has 4 aromatic heterocycles. The van der Waals surface area contributed by atoms with Gasteiger partial charge in [0, 0.05) is 18.2 Å². The summed E-state index contributed by atoms with van der Waals surface area (Å²) in [7, 11) is 0. The van der Waals surface area contributed by atoms with Crippen LogP contribution in [0.5, 0.6) is 0 Å². The highest BCUT2D eigenvalue weighted by Crippen LogP contribution is 2.37. The Balaban J connectivity index is 1.40. The van der Waals surface area contributed by atoms with Gasteiger partial charge in [0.25, 0.3) is 5.91 Å². The molecule has 1 aliphatic rings. The van der Waals surface area contributed by atoms with E-state index in [9.17, 15) is 9.18 Å². The van der Waals surface area contributed by atoms with Gasteiger partial charge in [0.1, 0.15) is 29.8 Å². The van der Waals surface area contributed by atoms with E-state index in [1.54, 1.807) is 29.3 Å². The molecule has 1 N–H and O–H groups in total. The molecule has 1 fully saturated rings. The normalized spacial score (nSPS) is 17.9. The average Bonchev–Trinajstić information content (AvgIpc) is 3.64. The van der Waals surface area contributed by atoms with E-state index in [-0.39, 0.29) is 23.8 Å². The molecule has 1 saturated carbocycles. The second-order valence-corrected chi connectivity index (χ2v) is 11.2. The molecule has 1 amide bonds. The van der Waals surface area contributed by atoms with Crippen molar-refractivity contribution in [3.05, 3.63) is 75.8 Å². The van der Waals surface area contributed by atoms with E-state index in [2.05, 4.69) is 40.9 Å². The van der Waals surface area contributed by atoms with E-state index < -0.39 is 0 Å². The first kappa shape index (κ1) is 23.0. The van der Waals surface area contributed by atoms with Gasteiger partial charge < -0.3 is 9.88 Å². The number of pyridine rings is 1. The Kier molecular flexibility index (Phi) is 6.10. The minimum atomic E-state index is -0.331. The Morgan fingerprint density at radius 2 is 2.08 bits per heavy atom. The van der Waals surface area contributed by atoms with Crippen LogP contribution in [-0.2, 0) is 0 Å². The van der Waals surface area contributed by atoms with Crippen LogP contribution in [0.1, 0.15) is 41.4 Å². The Hall–Kier alpha value is -3.44. The summed E-state index contributed by atoms with van der Waals surface area (Å²) in [6.45, 7) is 0. The Morgan fingerprint density at radius 1 is 1.19 bits per heavy atom. The molecule has 11 heteroatoms. The number of carbonyl (C=O) groups excluding carboxylic acids is 1. The monoisotopic (exact) mass is 565 g/mol. The number of benzene rings is 1. The maximum Gasteiger partial charge on any atom is 0.261 e. The maximum atomic E-state index is 14.9. The maximum absolute atomic E-state index is 14.9. The summed E-state index contributed by atoms with van der Waals surface area (Å²) in [6, 6.07) is 12.3. The zero-order valence-corrected chi connectivity index (χ0v) is 21.4. The van der Waals surface area contributed by atoms with Gasteiger partial charge in [-0.2, -0.15) is 5.10 Å². The molecule has 182 valence electrons. The van der Waals surface area contributed by atoms with E-state index in [1.165, 1.54) is 23.7 Å². The zero-order chi connectivity index (χ0) is 24.6. The number of thiophene rings is 1. The smallest absolute Gasteiger partial charge is 0.261 e. The zero-order valence-electron chi connectivity index (χ0n) is 19.0. The predicted octanol–water partition coefficient (Wildman–Crippen LogP) is 5.56. The fraction of sp³-hybridized carbons (Fsp3) is 0.240. The molecule has 5 aromatic rings. The van der Waals surface area contributed by atoms with E-state index in [0.717, 1.165) is 28.6 Å². The lowest BCUT2D eigenvalue weighted by Crippen LogP contribution is -2.38. The van der Waals surface area contributed by atoms with Crippen LogP contribution in [0.25, 0.3) is 28.2 Å². The van der Waals surface area contributed by atoms with Gasteiger partial charge in [-0.1, -0.05) is 12.1 Å². The minimum Gasteiger partial charge on any atom is -0.349 e. The number of rotatable bonds is 5. The second-order valence-electron chi connectivity index (χ2n) is 8.75. The molecule has 36 heavy (non-hydrogen) atoms. The molecule has 8 nitrogen and oxygen atoms in total. The van der Waals surface area contributed by atoms with Crippen molar-refractivity contribution in [2.75, 3.05) is 0 Å². The number of hydrogen-bond acceptors (Lipinski definition) is 6. The van der Waals surface area contributed by atoms with Crippen molar-refractivity contribution in [3.8, 4) is 17.2 Å². The number of hydrogen-bond donors (Lipinski definition) is 1. The molecule has 1 aromatic carbocycles. The van der Waals surface area contributed by atoms with Crippen molar-refractivity contribution in [2.45, 2.75) is 37.8 Å². The third-order valence-electron chi connectivity index (χ3n) is 6.47. The first-order valence-electron chi connectivity index (χ1n) is 11.6. The van der Waals surface area contributed by atoms with Crippen molar-refractivity contribution >= 4 is 44.2 Å². The molecule has 4 heterocycles. The fourth-order valence-corrected chi connectivity index (χ4v) is 6.15. The molecule has 2 atom stereocenters. The summed E-state index contributed by atoms with van der Waals surface area (Å²) in [5, 5.41) is 7.39. The molecule has 0 spiro atoms. The number of nitrogens with zero attached hydrogens (tertiary/aromatic N) is 6. The Morgan fingerprint density at radius 3 is 2.86 bits per heavy atom. The lowest BCUT2D eigenvalue weighted by atomic mass is 9.90. The van der Waals surface area contributed by atoms with E-state index in [0.29, 0.717) is 34.0 Å². The van der Waals surface area contributed by atoms with Crippen molar-refractivity contribution < 1.29 is 9.18 Å². The summed E-state index contributed by atoms with van der Waals surface area (Å²) >= 11 is 4.84. The lowest BCUT2D eigenvalue weighted by Gasteiger charge is -2.32. The lowest BCUT2D eigenvalue weighted by molar-refractivity contribution is 0.0925. The largest absolute Gasteiger partial charge is 0.349 e. The summed E-state index contributed by atoms with van der Waals surface area (Å²) < 4.78 is 19.6. The Labute approximate surface area is 218 Å². The van der Waals surface area contributed by atoms with Crippen LogP contribution in [0.15, 0.2) is 65.1 Å². The van der Waals surface area contributed by atoms with Gasteiger partial charge in [-0.05, 0) is 65.9 Å². The van der Waals surface area contributed by atoms with Gasteiger partial charge in [-0.3, -0.25) is 4.79 Å². The molecule has 0 bridgehead atoms. The highest BCUT2D eigenvalue weighted by molar-refractivity contribution is 9.11. The van der Waals surface area contributed by atoms with Gasteiger partial charge in [-0.25, -0.2) is 24.0 Å². The van der Waals surface area contributed by atoms with Crippen LogP contribution in [0.2, 0.25) is 0 Å². The quantitative estimate of drug-likeness (QED) is 0.301. The van der Waals surface area contributed by atoms with Crippen LogP contribution in [0.3, 0.4) is 0 Å². The molecule has 0 unspecified atom stereocenters. The van der Waals surface area contributed by atoms with Crippen molar-refractivity contribution in [1.82, 2.24) is 34.6 Å². The van der Waals surface area contributed by atoms with Crippen LogP contribution in [0.4, 0.5) is 4.39 Å². The average molecular weight is 566 g/mol. The van der Waals surface area contributed by atoms with Gasteiger partial charge >= 0.3 is 0 Å². The summed E-state index contributed by atoms with van der Waals surface area (Å²) in [5.41, 5.74) is 1.95. The highest BCUT2D eigenvalue weighted by atomic mass is 79.9. The topological polar surface area (TPSA) is 90.5 Å². The minimum absolute atomic E-state index is 0.000307. The van der Waals surface area contributed by atoms with E-state index >= 15 is 0 Å². The van der Waals surface area contributed by atoms with Crippen molar-refractivity contribution in [3.63, 3.8) is 0 Å². The molecular weight excluding hydrogens is 545 g/mol. The number of nitrogens with one attached hydrogen (secondary N) is 1. The second kappa shape index (κ2) is 9.55. The van der Waals surface area contributed by atoms with Crippen LogP contribution >= 0.6 is 27.3 Å². The van der Waals surface area contributed by atoms with Crippen LogP contribution in [-0.4, -0.2) is 41.2 Å². The standard InChI is InChI=1S/C25H21BrFN7OS/c26-22-9-8-21(36-22)25(35)31-15-4-3-5-16(10-15)34-20-11-23(33-14-28-13-30-33)29-12-19(20)32-24(34)17-6-1-2-7-18(17)27/h1-2,6-9,11-16H,3-5,10H2,(H,31,35)/t15-,16+/m0/s1. The SMILES string of the molecule is O=C(N[C@H]1CCC[C@@H](n2c(-c3ccccc3F)nc3cnc(-n4cncn4)cc32)C1)c1ccc(Br)s1. The van der Waals surface area contributed by atoms with Gasteiger partial charge in [0.2, 0.25) is 0 Å². The van der Waals surface area contributed by atoms with Crippen molar-refractivity contribution in [1.29, 1.82) is 0 Å². The number of carbonyl (C=O) groups is 1. The molecule has 0 saturated heterocycles. The summed E-state index contributed by atoms with van der Waals surface area (Å²) in [6.07, 6.45) is 8.15. The molecule has 1 aliphatic carbocycles. The number of halogens is 2. The molecule has 0 radical (unpaired) electrons. The molecule has 6 rings (SSSR count). The molecular formula is C25H21BrFN7OS. The molecule has 0 aliphatic heterocycles. The highest BCUT2D eigenvalue weighted by Gasteiger charge is 2.29. The number of imidazole rings is 1. The van der Waals surface area contributed by atoms with Gasteiger partial charge in [0.05, 0.1) is 25.9 Å². The first-order valence-corrected chi connectivity index (χ1v) is 13.2. The van der Waals surface area contributed by atoms with Gasteiger partial charge in [-0.15, -0.1) is 11.3 Å². The third kappa shape index (κ3) is 4.33. The van der Waals surface area contributed by atoms with E-state index in [4.69, 9.17) is 4.98 Å². The first-order chi connectivity index (χ1) is 17.6. The number of amides is 1. The Bertz CT molecular complexity index is 1550. The van der Waals surface area contributed by atoms with Crippen molar-refractivity contribution in [2.24, 2.45) is 0 Å². The summed E-state index contributed by atoms with van der Waals surface area (Å²) in [5.74, 6) is 0.756. The number of fused-ring (bicyclic) bond motifs is 1. The number of aromatic nitrogens is 6. The predicted molar refractivity (Wildman–Crippen MR) is 139 cm³/mol.